The summed E-state index contributed by atoms with van der Waals surface area (Å²) < 4.78 is 36.9. The molecule has 9 nitrogen and oxygen atoms in total. The molecule has 1 unspecified atom stereocenters. The number of nitrogen functional groups attached to an aromatic ring is 1. The van der Waals surface area contributed by atoms with E-state index in [0.717, 1.165) is 12.8 Å². The van der Waals surface area contributed by atoms with Crippen LogP contribution >= 0.6 is 0 Å². The molecule has 6 rings (SSSR count). The SMILES string of the molecule is CCC(c1nc2ccc(F)cc2c(=O)n1C1CC1)n1nc(-c2ccc(OC)c(F)c2)c2c(N)ncnc21. The third kappa shape index (κ3) is 3.69. The summed E-state index contributed by atoms with van der Waals surface area (Å²) in [5.41, 5.74) is 7.67. The van der Waals surface area contributed by atoms with Crippen molar-refractivity contribution in [3.05, 3.63) is 70.5 Å². The van der Waals surface area contributed by atoms with Gasteiger partial charge < -0.3 is 10.5 Å². The average molecular weight is 504 g/mol. The van der Waals surface area contributed by atoms with Gasteiger partial charge >= 0.3 is 0 Å². The Hall–Kier alpha value is -4.41. The number of nitrogens with zero attached hydrogens (tertiary/aromatic N) is 6. The molecule has 1 aliphatic carbocycles. The topological polar surface area (TPSA) is 114 Å². The van der Waals surface area contributed by atoms with Crippen LogP contribution in [0, 0.1) is 11.6 Å². The third-order valence-electron chi connectivity index (χ3n) is 6.72. The van der Waals surface area contributed by atoms with Crippen molar-refractivity contribution < 1.29 is 13.5 Å². The van der Waals surface area contributed by atoms with E-state index in [1.54, 1.807) is 15.3 Å². The molecule has 2 N–H and O–H groups in total. The standard InChI is InChI=1S/C26H23F2N7O2/c1-3-19(24-32-18-8-5-14(27)11-16(18)26(36)34(24)15-6-7-15)35-25-21(23(29)30-12-31-25)22(33-35)13-4-9-20(37-2)17(28)10-13/h4-5,8-12,15,19H,3,6-7H2,1-2H3,(H2,29,30,31). The number of nitrogens with two attached hydrogens (primary N) is 1. The molecule has 1 atom stereocenters. The summed E-state index contributed by atoms with van der Waals surface area (Å²) in [5.74, 6) is -0.235. The maximum Gasteiger partial charge on any atom is 0.261 e. The first-order valence-corrected chi connectivity index (χ1v) is 12.0. The predicted molar refractivity (Wildman–Crippen MR) is 134 cm³/mol. The quantitative estimate of drug-likeness (QED) is 0.365. The smallest absolute Gasteiger partial charge is 0.261 e. The van der Waals surface area contributed by atoms with E-state index in [9.17, 15) is 13.6 Å². The number of halogens is 2. The van der Waals surface area contributed by atoms with Crippen molar-refractivity contribution in [3.8, 4) is 17.0 Å². The highest BCUT2D eigenvalue weighted by Gasteiger charge is 2.33. The van der Waals surface area contributed by atoms with Crippen LogP contribution in [-0.4, -0.2) is 36.4 Å². The van der Waals surface area contributed by atoms with Gasteiger partial charge in [-0.25, -0.2) is 28.4 Å². The van der Waals surface area contributed by atoms with Crippen LogP contribution in [0.3, 0.4) is 0 Å². The summed E-state index contributed by atoms with van der Waals surface area (Å²) in [7, 11) is 1.39. The summed E-state index contributed by atoms with van der Waals surface area (Å²) in [4.78, 5) is 26.9. The van der Waals surface area contributed by atoms with Gasteiger partial charge in [-0.1, -0.05) is 6.92 Å². The Kier molecular flexibility index (Phi) is 5.36. The number of methoxy groups -OCH3 is 1. The number of fused-ring (bicyclic) bond motifs is 2. The number of rotatable bonds is 6. The summed E-state index contributed by atoms with van der Waals surface area (Å²) in [5, 5.41) is 5.52. The molecule has 0 spiro atoms. The Morgan fingerprint density at radius 2 is 1.97 bits per heavy atom. The van der Waals surface area contributed by atoms with Gasteiger partial charge in [0.05, 0.1) is 23.4 Å². The zero-order valence-electron chi connectivity index (χ0n) is 20.2. The summed E-state index contributed by atoms with van der Waals surface area (Å²) in [6.45, 7) is 1.95. The Bertz CT molecular complexity index is 1740. The van der Waals surface area contributed by atoms with Gasteiger partial charge in [-0.05, 0) is 55.7 Å². The van der Waals surface area contributed by atoms with Crippen molar-refractivity contribution >= 4 is 27.8 Å². The molecule has 5 aromatic rings. The second-order valence-electron chi connectivity index (χ2n) is 9.06. The van der Waals surface area contributed by atoms with Crippen molar-refractivity contribution in [2.45, 2.75) is 38.3 Å². The molecular weight excluding hydrogens is 480 g/mol. The molecule has 3 aromatic heterocycles. The molecule has 0 aliphatic heterocycles. The Morgan fingerprint density at radius 1 is 1.16 bits per heavy atom. The number of aromatic nitrogens is 6. The molecule has 1 saturated carbocycles. The fraction of sp³-hybridized carbons (Fsp3) is 0.269. The summed E-state index contributed by atoms with van der Waals surface area (Å²) in [6, 6.07) is 8.01. The van der Waals surface area contributed by atoms with Gasteiger partial charge in [-0.15, -0.1) is 0 Å². The van der Waals surface area contributed by atoms with Gasteiger partial charge in [0.25, 0.3) is 5.56 Å². The van der Waals surface area contributed by atoms with E-state index < -0.39 is 17.7 Å². The Labute approximate surface area is 209 Å². The molecule has 0 bridgehead atoms. The number of benzene rings is 2. The average Bonchev–Trinajstić information content (AvgIpc) is 3.65. The van der Waals surface area contributed by atoms with Gasteiger partial charge in [-0.2, -0.15) is 5.10 Å². The lowest BCUT2D eigenvalue weighted by atomic mass is 10.1. The zero-order valence-corrected chi connectivity index (χ0v) is 20.2. The molecule has 0 amide bonds. The predicted octanol–water partition coefficient (Wildman–Crippen LogP) is 4.41. The minimum Gasteiger partial charge on any atom is -0.494 e. The second-order valence-corrected chi connectivity index (χ2v) is 9.06. The number of hydrogen-bond donors (Lipinski definition) is 1. The summed E-state index contributed by atoms with van der Waals surface area (Å²) >= 11 is 0. The third-order valence-corrected chi connectivity index (χ3v) is 6.72. The molecule has 0 saturated heterocycles. The lowest BCUT2D eigenvalue weighted by Gasteiger charge is -2.21. The highest BCUT2D eigenvalue weighted by atomic mass is 19.1. The van der Waals surface area contributed by atoms with Gasteiger partial charge in [0.2, 0.25) is 0 Å². The van der Waals surface area contributed by atoms with Crippen LogP contribution in [0.15, 0.2) is 47.5 Å². The number of ether oxygens (including phenoxy) is 1. The van der Waals surface area contributed by atoms with E-state index in [1.807, 2.05) is 6.92 Å². The second kappa shape index (κ2) is 8.61. The van der Waals surface area contributed by atoms with Crippen LogP contribution in [0.4, 0.5) is 14.6 Å². The fourth-order valence-corrected chi connectivity index (χ4v) is 4.80. The minimum atomic E-state index is -0.545. The first-order chi connectivity index (χ1) is 17.9. The maximum atomic E-state index is 14.6. The van der Waals surface area contributed by atoms with Crippen LogP contribution < -0.4 is 16.0 Å². The maximum absolute atomic E-state index is 14.6. The molecule has 3 heterocycles. The first-order valence-electron chi connectivity index (χ1n) is 12.0. The van der Waals surface area contributed by atoms with Gasteiger partial charge in [0.15, 0.2) is 17.2 Å². The number of hydrogen-bond acceptors (Lipinski definition) is 7. The van der Waals surface area contributed by atoms with E-state index in [-0.39, 0.29) is 28.6 Å². The minimum absolute atomic E-state index is 0.0200. The van der Waals surface area contributed by atoms with E-state index in [1.165, 1.54) is 43.8 Å². The highest BCUT2D eigenvalue weighted by Crippen LogP contribution is 2.39. The van der Waals surface area contributed by atoms with E-state index in [2.05, 4.69) is 9.97 Å². The van der Waals surface area contributed by atoms with Crippen molar-refractivity contribution in [1.82, 2.24) is 29.3 Å². The molecule has 37 heavy (non-hydrogen) atoms. The van der Waals surface area contributed by atoms with Gasteiger partial charge in [0, 0.05) is 11.6 Å². The zero-order chi connectivity index (χ0) is 25.8. The van der Waals surface area contributed by atoms with Crippen LogP contribution in [0.5, 0.6) is 5.75 Å². The van der Waals surface area contributed by atoms with Gasteiger partial charge in [0.1, 0.15) is 35.5 Å². The normalized spacial score (nSPS) is 14.4. The first kappa shape index (κ1) is 23.0. The van der Waals surface area contributed by atoms with Crippen LogP contribution in [0.2, 0.25) is 0 Å². The highest BCUT2D eigenvalue weighted by molar-refractivity contribution is 5.98. The monoisotopic (exact) mass is 503 g/mol. The van der Waals surface area contributed by atoms with Crippen molar-refractivity contribution in [2.24, 2.45) is 0 Å². The Balaban J connectivity index is 1.61. The fourth-order valence-electron chi connectivity index (χ4n) is 4.80. The Morgan fingerprint density at radius 3 is 2.68 bits per heavy atom. The molecule has 188 valence electrons. The summed E-state index contributed by atoms with van der Waals surface area (Å²) in [6.07, 6.45) is 3.52. The molecule has 1 aliphatic rings. The van der Waals surface area contributed by atoms with Crippen LogP contribution in [-0.2, 0) is 0 Å². The van der Waals surface area contributed by atoms with E-state index >= 15 is 0 Å². The molecule has 0 radical (unpaired) electrons. The molecule has 2 aromatic carbocycles. The van der Waals surface area contributed by atoms with Crippen LogP contribution in [0.1, 0.15) is 44.1 Å². The molecular formula is C26H23F2N7O2. The van der Waals surface area contributed by atoms with Gasteiger partial charge in [-0.3, -0.25) is 9.36 Å². The van der Waals surface area contributed by atoms with E-state index in [0.29, 0.717) is 40.1 Å². The van der Waals surface area contributed by atoms with Crippen LogP contribution in [0.25, 0.3) is 33.2 Å². The lowest BCUT2D eigenvalue weighted by molar-refractivity contribution is 0.386. The largest absolute Gasteiger partial charge is 0.494 e. The van der Waals surface area contributed by atoms with Crippen molar-refractivity contribution in [2.75, 3.05) is 12.8 Å². The lowest BCUT2D eigenvalue weighted by Crippen LogP contribution is -2.29. The van der Waals surface area contributed by atoms with E-state index in [4.69, 9.17) is 20.6 Å². The molecule has 11 heteroatoms. The van der Waals surface area contributed by atoms with Crippen molar-refractivity contribution in [3.63, 3.8) is 0 Å². The van der Waals surface area contributed by atoms with Crippen molar-refractivity contribution in [1.29, 1.82) is 0 Å². The number of anilines is 1. The molecule has 1 fully saturated rings.